The summed E-state index contributed by atoms with van der Waals surface area (Å²) in [5.74, 6) is 0.381. The summed E-state index contributed by atoms with van der Waals surface area (Å²) in [4.78, 5) is 30.2. The predicted octanol–water partition coefficient (Wildman–Crippen LogP) is 3.80. The first-order chi connectivity index (χ1) is 17.5. The SMILES string of the molecule is CC(C)C(=O)Nc1ccc(N2CCC(Cc3ccccc3)CC2)c(C(=O)NCCN2CCOCC2)c1. The molecule has 7 nitrogen and oxygen atoms in total. The van der Waals surface area contributed by atoms with Gasteiger partial charge in [-0.1, -0.05) is 44.2 Å². The fourth-order valence-electron chi connectivity index (χ4n) is 4.93. The molecule has 2 aromatic rings. The molecule has 2 aromatic carbocycles. The lowest BCUT2D eigenvalue weighted by molar-refractivity contribution is -0.118. The topological polar surface area (TPSA) is 73.9 Å². The van der Waals surface area contributed by atoms with E-state index in [-0.39, 0.29) is 17.7 Å². The molecule has 2 N–H and O–H groups in total. The van der Waals surface area contributed by atoms with Crippen molar-refractivity contribution in [2.45, 2.75) is 33.1 Å². The lowest BCUT2D eigenvalue weighted by Gasteiger charge is -2.35. The van der Waals surface area contributed by atoms with E-state index in [1.807, 2.05) is 32.0 Å². The van der Waals surface area contributed by atoms with Crippen molar-refractivity contribution in [2.75, 3.05) is 62.7 Å². The summed E-state index contributed by atoms with van der Waals surface area (Å²) in [7, 11) is 0. The van der Waals surface area contributed by atoms with E-state index in [1.54, 1.807) is 0 Å². The van der Waals surface area contributed by atoms with Crippen LogP contribution in [-0.4, -0.2) is 69.2 Å². The summed E-state index contributed by atoms with van der Waals surface area (Å²) in [6.07, 6.45) is 3.29. The van der Waals surface area contributed by atoms with Crippen molar-refractivity contribution in [3.63, 3.8) is 0 Å². The van der Waals surface area contributed by atoms with Crippen LogP contribution in [0.2, 0.25) is 0 Å². The van der Waals surface area contributed by atoms with E-state index in [2.05, 4.69) is 50.8 Å². The van der Waals surface area contributed by atoms with Crippen LogP contribution in [0.4, 0.5) is 11.4 Å². The summed E-state index contributed by atoms with van der Waals surface area (Å²) in [5, 5.41) is 6.06. The van der Waals surface area contributed by atoms with E-state index in [9.17, 15) is 9.59 Å². The summed E-state index contributed by atoms with van der Waals surface area (Å²) in [6.45, 7) is 10.2. The van der Waals surface area contributed by atoms with Gasteiger partial charge in [-0.05, 0) is 48.9 Å². The number of piperidine rings is 1. The Balaban J connectivity index is 1.42. The molecule has 2 aliphatic heterocycles. The number of hydrogen-bond donors (Lipinski definition) is 2. The van der Waals surface area contributed by atoms with Crippen LogP contribution in [0.3, 0.4) is 0 Å². The Hall–Kier alpha value is -2.90. The molecule has 0 unspecified atom stereocenters. The van der Waals surface area contributed by atoms with E-state index in [4.69, 9.17) is 4.74 Å². The van der Waals surface area contributed by atoms with Crippen molar-refractivity contribution in [3.05, 3.63) is 59.7 Å². The zero-order valence-electron chi connectivity index (χ0n) is 21.7. The highest BCUT2D eigenvalue weighted by Crippen LogP contribution is 2.30. The molecule has 4 rings (SSSR count). The van der Waals surface area contributed by atoms with Gasteiger partial charge < -0.3 is 20.3 Å². The van der Waals surface area contributed by atoms with Gasteiger partial charge in [0, 0.05) is 56.6 Å². The second-order valence-electron chi connectivity index (χ2n) is 10.2. The fourth-order valence-corrected chi connectivity index (χ4v) is 4.93. The van der Waals surface area contributed by atoms with Gasteiger partial charge in [-0.25, -0.2) is 0 Å². The smallest absolute Gasteiger partial charge is 0.253 e. The van der Waals surface area contributed by atoms with Gasteiger partial charge in [0.15, 0.2) is 0 Å². The standard InChI is InChI=1S/C29H40N4O3/c1-22(2)28(34)31-25-8-9-27(26(21-25)29(35)30-12-15-32-16-18-36-19-17-32)33-13-10-24(11-14-33)20-23-6-4-3-5-7-23/h3-9,21-22,24H,10-20H2,1-2H3,(H,30,35)(H,31,34). The normalized spacial score (nSPS) is 17.2. The molecule has 2 amide bonds. The fraction of sp³-hybridized carbons (Fsp3) is 0.517. The number of benzene rings is 2. The van der Waals surface area contributed by atoms with Gasteiger partial charge in [0.25, 0.3) is 5.91 Å². The lowest BCUT2D eigenvalue weighted by Crippen LogP contribution is -2.41. The number of amides is 2. The van der Waals surface area contributed by atoms with Crippen molar-refractivity contribution >= 4 is 23.2 Å². The van der Waals surface area contributed by atoms with Crippen LogP contribution in [0.25, 0.3) is 0 Å². The van der Waals surface area contributed by atoms with Crippen LogP contribution in [0.15, 0.2) is 48.5 Å². The van der Waals surface area contributed by atoms with Crippen LogP contribution >= 0.6 is 0 Å². The second-order valence-corrected chi connectivity index (χ2v) is 10.2. The molecular formula is C29H40N4O3. The average Bonchev–Trinajstić information content (AvgIpc) is 2.90. The van der Waals surface area contributed by atoms with E-state index in [0.717, 1.165) is 70.9 Å². The van der Waals surface area contributed by atoms with Crippen molar-refractivity contribution in [3.8, 4) is 0 Å². The third kappa shape index (κ3) is 7.31. The Morgan fingerprint density at radius 3 is 2.42 bits per heavy atom. The van der Waals surface area contributed by atoms with Gasteiger partial charge >= 0.3 is 0 Å². The zero-order valence-corrected chi connectivity index (χ0v) is 21.7. The Morgan fingerprint density at radius 2 is 1.72 bits per heavy atom. The van der Waals surface area contributed by atoms with E-state index < -0.39 is 0 Å². The van der Waals surface area contributed by atoms with Gasteiger partial charge in [-0.2, -0.15) is 0 Å². The molecule has 2 aliphatic rings. The Kier molecular flexibility index (Phi) is 9.36. The van der Waals surface area contributed by atoms with Crippen molar-refractivity contribution in [2.24, 2.45) is 11.8 Å². The van der Waals surface area contributed by atoms with Crippen LogP contribution in [0, 0.1) is 11.8 Å². The molecule has 2 saturated heterocycles. The number of carbonyl (C=O) groups is 2. The molecule has 0 radical (unpaired) electrons. The minimum Gasteiger partial charge on any atom is -0.379 e. The van der Waals surface area contributed by atoms with Gasteiger partial charge in [-0.3, -0.25) is 14.5 Å². The Labute approximate surface area is 215 Å². The van der Waals surface area contributed by atoms with E-state index >= 15 is 0 Å². The molecule has 0 atom stereocenters. The van der Waals surface area contributed by atoms with E-state index in [1.165, 1.54) is 5.56 Å². The highest BCUT2D eigenvalue weighted by Gasteiger charge is 2.24. The molecule has 0 saturated carbocycles. The second kappa shape index (κ2) is 12.9. The minimum atomic E-state index is -0.126. The maximum Gasteiger partial charge on any atom is 0.253 e. The van der Waals surface area contributed by atoms with Crippen molar-refractivity contribution < 1.29 is 14.3 Å². The molecule has 0 spiro atoms. The van der Waals surface area contributed by atoms with Gasteiger partial charge in [0.2, 0.25) is 5.91 Å². The summed E-state index contributed by atoms with van der Waals surface area (Å²) in [5.41, 5.74) is 3.62. The number of carbonyl (C=O) groups excluding carboxylic acids is 2. The number of ether oxygens (including phenoxy) is 1. The maximum atomic E-state index is 13.3. The summed E-state index contributed by atoms with van der Waals surface area (Å²) >= 11 is 0. The Morgan fingerprint density at radius 1 is 1.00 bits per heavy atom. The molecule has 2 fully saturated rings. The molecular weight excluding hydrogens is 452 g/mol. The number of anilines is 2. The largest absolute Gasteiger partial charge is 0.379 e. The minimum absolute atomic E-state index is 0.0526. The maximum absolute atomic E-state index is 13.3. The first-order valence-corrected chi connectivity index (χ1v) is 13.3. The quantitative estimate of drug-likeness (QED) is 0.557. The monoisotopic (exact) mass is 492 g/mol. The Bertz CT molecular complexity index is 997. The van der Waals surface area contributed by atoms with Crippen LogP contribution < -0.4 is 15.5 Å². The van der Waals surface area contributed by atoms with E-state index in [0.29, 0.717) is 23.7 Å². The summed E-state index contributed by atoms with van der Waals surface area (Å²) in [6, 6.07) is 16.4. The van der Waals surface area contributed by atoms with Gasteiger partial charge in [0.1, 0.15) is 0 Å². The van der Waals surface area contributed by atoms with Gasteiger partial charge in [0.05, 0.1) is 18.8 Å². The molecule has 7 heteroatoms. The molecule has 0 aliphatic carbocycles. The van der Waals surface area contributed by atoms with Crippen molar-refractivity contribution in [1.82, 2.24) is 10.2 Å². The predicted molar refractivity (Wildman–Crippen MR) is 145 cm³/mol. The van der Waals surface area contributed by atoms with Crippen LogP contribution in [-0.2, 0) is 16.0 Å². The third-order valence-electron chi connectivity index (χ3n) is 7.17. The lowest BCUT2D eigenvalue weighted by atomic mass is 9.89. The molecule has 194 valence electrons. The zero-order chi connectivity index (χ0) is 25.3. The van der Waals surface area contributed by atoms with Crippen molar-refractivity contribution in [1.29, 1.82) is 0 Å². The first kappa shape index (κ1) is 26.2. The number of nitrogens with zero attached hydrogens (tertiary/aromatic N) is 2. The highest BCUT2D eigenvalue weighted by atomic mass is 16.5. The third-order valence-corrected chi connectivity index (χ3v) is 7.17. The molecule has 0 bridgehead atoms. The number of hydrogen-bond acceptors (Lipinski definition) is 5. The number of rotatable bonds is 9. The highest BCUT2D eigenvalue weighted by molar-refractivity contribution is 6.02. The molecule has 0 aromatic heterocycles. The number of morpholine rings is 1. The number of nitrogens with one attached hydrogen (secondary N) is 2. The molecule has 2 heterocycles. The van der Waals surface area contributed by atoms with Crippen LogP contribution in [0.1, 0.15) is 42.6 Å². The summed E-state index contributed by atoms with van der Waals surface area (Å²) < 4.78 is 5.41. The van der Waals surface area contributed by atoms with Gasteiger partial charge in [-0.15, -0.1) is 0 Å². The average molecular weight is 493 g/mol. The van der Waals surface area contributed by atoms with Crippen LogP contribution in [0.5, 0.6) is 0 Å². The molecule has 36 heavy (non-hydrogen) atoms. The first-order valence-electron chi connectivity index (χ1n) is 13.3.